The van der Waals surface area contributed by atoms with Gasteiger partial charge in [0, 0.05) is 5.92 Å². The standard InChI is InChI=1S/C16H14N2O2S/c17-11-16(18)14(12-7-3-1-4-8-12)15(16)21(19,20)13-9-5-2-6-10-13/h1-10,14-15H,18H2/t14-,15-,16+/m1/s1. The lowest BCUT2D eigenvalue weighted by Gasteiger charge is -2.04. The number of hydrogen-bond acceptors (Lipinski definition) is 4. The van der Waals surface area contributed by atoms with E-state index in [1.165, 1.54) is 12.1 Å². The summed E-state index contributed by atoms with van der Waals surface area (Å²) in [5.74, 6) is -0.492. The predicted octanol–water partition coefficient (Wildman–Crippen LogP) is 1.85. The molecule has 0 aromatic heterocycles. The van der Waals surface area contributed by atoms with Crippen LogP contribution in [0.3, 0.4) is 0 Å². The zero-order chi connectivity index (χ0) is 15.1. The summed E-state index contributed by atoms with van der Waals surface area (Å²) in [6.07, 6.45) is 0. The third-order valence-corrected chi connectivity index (χ3v) is 6.20. The average molecular weight is 298 g/mol. The van der Waals surface area contributed by atoms with Gasteiger partial charge in [0.1, 0.15) is 10.8 Å². The van der Waals surface area contributed by atoms with Crippen LogP contribution in [0.1, 0.15) is 11.5 Å². The van der Waals surface area contributed by atoms with E-state index in [4.69, 9.17) is 5.73 Å². The minimum atomic E-state index is -3.63. The number of rotatable bonds is 3. The Kier molecular flexibility index (Phi) is 3.08. The minimum Gasteiger partial charge on any atom is -0.312 e. The van der Waals surface area contributed by atoms with Crippen molar-refractivity contribution in [2.75, 3.05) is 0 Å². The summed E-state index contributed by atoms with van der Waals surface area (Å²) >= 11 is 0. The normalized spacial score (nSPS) is 27.8. The zero-order valence-electron chi connectivity index (χ0n) is 11.2. The van der Waals surface area contributed by atoms with Gasteiger partial charge in [0.15, 0.2) is 9.84 Å². The second kappa shape index (κ2) is 4.69. The predicted molar refractivity (Wildman–Crippen MR) is 79.1 cm³/mol. The molecule has 0 bridgehead atoms. The van der Waals surface area contributed by atoms with Crippen molar-refractivity contribution in [1.29, 1.82) is 5.26 Å². The molecule has 1 aliphatic carbocycles. The first kappa shape index (κ1) is 13.8. The second-order valence-electron chi connectivity index (χ2n) is 5.21. The van der Waals surface area contributed by atoms with Crippen molar-refractivity contribution in [2.24, 2.45) is 5.73 Å². The molecule has 0 amide bonds. The highest BCUT2D eigenvalue weighted by Crippen LogP contribution is 2.55. The second-order valence-corrected chi connectivity index (χ2v) is 7.28. The Labute approximate surface area is 123 Å². The fourth-order valence-corrected chi connectivity index (χ4v) is 5.02. The van der Waals surface area contributed by atoms with Crippen LogP contribution in [0, 0.1) is 11.3 Å². The van der Waals surface area contributed by atoms with Crippen LogP contribution in [-0.2, 0) is 9.84 Å². The molecule has 0 aliphatic heterocycles. The van der Waals surface area contributed by atoms with E-state index >= 15 is 0 Å². The van der Waals surface area contributed by atoms with E-state index in [0.29, 0.717) is 0 Å². The van der Waals surface area contributed by atoms with E-state index in [1.54, 1.807) is 18.2 Å². The van der Waals surface area contributed by atoms with E-state index in [-0.39, 0.29) is 4.90 Å². The highest BCUT2D eigenvalue weighted by molar-refractivity contribution is 7.92. The van der Waals surface area contributed by atoms with Crippen LogP contribution in [0.5, 0.6) is 0 Å². The first-order valence-corrected chi connectivity index (χ1v) is 8.10. The monoisotopic (exact) mass is 298 g/mol. The highest BCUT2D eigenvalue weighted by atomic mass is 32.2. The van der Waals surface area contributed by atoms with Gasteiger partial charge in [0.05, 0.1) is 11.0 Å². The summed E-state index contributed by atoms with van der Waals surface area (Å²) < 4.78 is 25.4. The first-order valence-electron chi connectivity index (χ1n) is 6.56. The molecule has 5 heteroatoms. The SMILES string of the molecule is N#C[C@]1(N)[C@H](c2ccccc2)[C@H]1S(=O)(=O)c1ccccc1. The van der Waals surface area contributed by atoms with Crippen LogP contribution in [0.4, 0.5) is 0 Å². The van der Waals surface area contributed by atoms with Crippen molar-refractivity contribution in [1.82, 2.24) is 0 Å². The Morgan fingerprint density at radius 2 is 1.52 bits per heavy atom. The van der Waals surface area contributed by atoms with Crippen LogP contribution < -0.4 is 5.73 Å². The molecule has 0 radical (unpaired) electrons. The molecule has 1 fully saturated rings. The lowest BCUT2D eigenvalue weighted by atomic mass is 10.1. The number of benzene rings is 2. The molecule has 1 aliphatic rings. The maximum absolute atomic E-state index is 12.7. The minimum absolute atomic E-state index is 0.207. The Bertz CT molecular complexity index is 797. The van der Waals surface area contributed by atoms with Gasteiger partial charge in [0.2, 0.25) is 0 Å². The number of hydrogen-bond donors (Lipinski definition) is 1. The van der Waals surface area contributed by atoms with Gasteiger partial charge in [-0.1, -0.05) is 48.5 Å². The smallest absolute Gasteiger partial charge is 0.184 e. The molecule has 2 N–H and O–H groups in total. The van der Waals surface area contributed by atoms with Gasteiger partial charge in [-0.25, -0.2) is 8.42 Å². The largest absolute Gasteiger partial charge is 0.312 e. The zero-order valence-corrected chi connectivity index (χ0v) is 12.0. The number of nitrogens with zero attached hydrogens (tertiary/aromatic N) is 1. The van der Waals surface area contributed by atoms with Gasteiger partial charge >= 0.3 is 0 Å². The summed E-state index contributed by atoms with van der Waals surface area (Å²) in [5, 5.41) is 8.44. The van der Waals surface area contributed by atoms with Gasteiger partial charge in [-0.3, -0.25) is 0 Å². The van der Waals surface area contributed by atoms with E-state index in [2.05, 4.69) is 0 Å². The van der Waals surface area contributed by atoms with E-state index in [0.717, 1.165) is 5.56 Å². The highest BCUT2D eigenvalue weighted by Gasteiger charge is 2.70. The maximum Gasteiger partial charge on any atom is 0.184 e. The molecular weight excluding hydrogens is 284 g/mol. The lowest BCUT2D eigenvalue weighted by molar-refractivity contribution is 0.592. The van der Waals surface area contributed by atoms with Crippen LogP contribution in [0.2, 0.25) is 0 Å². The number of nitriles is 1. The molecule has 0 spiro atoms. The molecule has 3 rings (SSSR count). The molecule has 2 aromatic carbocycles. The van der Waals surface area contributed by atoms with Crippen molar-refractivity contribution >= 4 is 9.84 Å². The molecule has 4 nitrogen and oxygen atoms in total. The summed E-state index contributed by atoms with van der Waals surface area (Å²) in [6.45, 7) is 0. The average Bonchev–Trinajstić information content (AvgIpc) is 3.17. The number of sulfone groups is 1. The van der Waals surface area contributed by atoms with E-state index < -0.39 is 26.5 Å². The quantitative estimate of drug-likeness (QED) is 0.937. The van der Waals surface area contributed by atoms with E-state index in [1.807, 2.05) is 36.4 Å². The summed E-state index contributed by atoms with van der Waals surface area (Å²) in [6, 6.07) is 19.2. The van der Waals surface area contributed by atoms with E-state index in [9.17, 15) is 13.7 Å². The molecule has 0 saturated heterocycles. The fraction of sp³-hybridized carbons (Fsp3) is 0.188. The Morgan fingerprint density at radius 3 is 2.05 bits per heavy atom. The third-order valence-electron chi connectivity index (χ3n) is 3.94. The first-order chi connectivity index (χ1) is 10.0. The molecule has 0 heterocycles. The van der Waals surface area contributed by atoms with Crippen LogP contribution in [0.15, 0.2) is 65.6 Å². The van der Waals surface area contributed by atoms with Crippen LogP contribution in [-0.4, -0.2) is 19.2 Å². The third kappa shape index (κ3) is 2.04. The molecule has 3 atom stereocenters. The molecule has 106 valence electrons. The Hall–Kier alpha value is -2.16. The maximum atomic E-state index is 12.7. The van der Waals surface area contributed by atoms with Gasteiger partial charge in [-0.05, 0) is 17.7 Å². The van der Waals surface area contributed by atoms with Crippen molar-refractivity contribution in [3.63, 3.8) is 0 Å². The van der Waals surface area contributed by atoms with Crippen molar-refractivity contribution in [2.45, 2.75) is 21.6 Å². The van der Waals surface area contributed by atoms with Gasteiger partial charge in [0.25, 0.3) is 0 Å². The fourth-order valence-electron chi connectivity index (χ4n) is 2.81. The Balaban J connectivity index is 2.05. The van der Waals surface area contributed by atoms with Crippen molar-refractivity contribution < 1.29 is 8.42 Å². The molecule has 21 heavy (non-hydrogen) atoms. The lowest BCUT2D eigenvalue weighted by Crippen LogP contribution is -2.29. The van der Waals surface area contributed by atoms with Gasteiger partial charge < -0.3 is 5.73 Å². The summed E-state index contributed by atoms with van der Waals surface area (Å²) in [5.41, 5.74) is 5.47. The van der Waals surface area contributed by atoms with Crippen LogP contribution >= 0.6 is 0 Å². The number of nitrogens with two attached hydrogens (primary N) is 1. The molecule has 2 aromatic rings. The molecule has 0 unspecified atom stereocenters. The van der Waals surface area contributed by atoms with Gasteiger partial charge in [-0.2, -0.15) is 5.26 Å². The summed E-state index contributed by atoms with van der Waals surface area (Å²) in [4.78, 5) is 0.207. The topological polar surface area (TPSA) is 83.9 Å². The summed E-state index contributed by atoms with van der Waals surface area (Å²) in [7, 11) is -3.63. The van der Waals surface area contributed by atoms with Crippen molar-refractivity contribution in [3.05, 3.63) is 66.2 Å². The van der Waals surface area contributed by atoms with Gasteiger partial charge in [-0.15, -0.1) is 0 Å². The Morgan fingerprint density at radius 1 is 1.00 bits per heavy atom. The molecular formula is C16H14N2O2S. The van der Waals surface area contributed by atoms with Crippen LogP contribution in [0.25, 0.3) is 0 Å². The molecule has 1 saturated carbocycles. The van der Waals surface area contributed by atoms with Crippen molar-refractivity contribution in [3.8, 4) is 6.07 Å².